The van der Waals surface area contributed by atoms with E-state index in [0.29, 0.717) is 12.0 Å². The average Bonchev–Trinajstić information content (AvgIpc) is 2.96. The van der Waals surface area contributed by atoms with Crippen molar-refractivity contribution in [2.24, 2.45) is 0 Å². The number of hydrogen-bond donors (Lipinski definition) is 1. The molecule has 1 aromatic rings. The molecular formula is C12H20N4O2. The highest BCUT2D eigenvalue weighted by molar-refractivity contribution is 5.30. The fraction of sp³-hybridized carbons (Fsp3) is 0.833. The Balaban J connectivity index is 1.73. The fourth-order valence-corrected chi connectivity index (χ4v) is 2.40. The molecule has 1 aliphatic carbocycles. The van der Waals surface area contributed by atoms with Crippen LogP contribution in [0.5, 0.6) is 0 Å². The molecule has 1 aliphatic heterocycles. The van der Waals surface area contributed by atoms with Crippen molar-refractivity contribution < 1.29 is 9.26 Å². The number of anilines is 1. The lowest BCUT2D eigenvalue weighted by Crippen LogP contribution is -2.37. The third-order valence-electron chi connectivity index (χ3n) is 3.43. The number of hydrogen-bond acceptors (Lipinski definition) is 6. The summed E-state index contributed by atoms with van der Waals surface area (Å²) >= 11 is 0. The number of aromatic nitrogens is 2. The van der Waals surface area contributed by atoms with Gasteiger partial charge >= 0.3 is 0 Å². The van der Waals surface area contributed by atoms with Gasteiger partial charge in [-0.15, -0.1) is 0 Å². The van der Waals surface area contributed by atoms with Crippen LogP contribution in [0.15, 0.2) is 4.52 Å². The maximum absolute atomic E-state index is 5.44. The minimum Gasteiger partial charge on any atom is -0.378 e. The predicted molar refractivity (Wildman–Crippen MR) is 66.5 cm³/mol. The Morgan fingerprint density at radius 1 is 1.28 bits per heavy atom. The van der Waals surface area contributed by atoms with Gasteiger partial charge in [-0.3, -0.25) is 0 Å². The molecule has 0 radical (unpaired) electrons. The first-order chi connectivity index (χ1) is 8.70. The van der Waals surface area contributed by atoms with E-state index in [2.05, 4.69) is 34.2 Å². The summed E-state index contributed by atoms with van der Waals surface area (Å²) in [6.45, 7) is 7.42. The minimum atomic E-state index is -0.0638. The highest BCUT2D eigenvalue weighted by atomic mass is 16.5. The van der Waals surface area contributed by atoms with Crippen LogP contribution < -0.4 is 10.2 Å². The van der Waals surface area contributed by atoms with E-state index < -0.39 is 0 Å². The lowest BCUT2D eigenvalue weighted by molar-refractivity contribution is 0.121. The normalized spacial score (nSPS) is 22.5. The Morgan fingerprint density at radius 3 is 2.61 bits per heavy atom. The summed E-state index contributed by atoms with van der Waals surface area (Å²) in [6, 6.07) is 0.422. The van der Waals surface area contributed by atoms with Crippen LogP contribution in [0.4, 0.5) is 5.95 Å². The number of nitrogens with one attached hydrogen (secondary N) is 1. The molecule has 100 valence electrons. The van der Waals surface area contributed by atoms with Crippen molar-refractivity contribution in [1.82, 2.24) is 15.5 Å². The molecule has 0 aromatic carbocycles. The van der Waals surface area contributed by atoms with Gasteiger partial charge in [-0.1, -0.05) is 0 Å². The molecule has 0 atom stereocenters. The Morgan fingerprint density at radius 2 is 2.00 bits per heavy atom. The first kappa shape index (κ1) is 11.9. The Kier molecular flexibility index (Phi) is 2.99. The van der Waals surface area contributed by atoms with Gasteiger partial charge in [-0.25, -0.2) is 0 Å². The highest BCUT2D eigenvalue weighted by Crippen LogP contribution is 2.45. The minimum absolute atomic E-state index is 0.0638. The maximum Gasteiger partial charge on any atom is 0.266 e. The zero-order valence-corrected chi connectivity index (χ0v) is 11.0. The first-order valence-corrected chi connectivity index (χ1v) is 6.64. The largest absolute Gasteiger partial charge is 0.378 e. The highest BCUT2D eigenvalue weighted by Gasteiger charge is 2.49. The summed E-state index contributed by atoms with van der Waals surface area (Å²) in [5.74, 6) is 1.43. The second-order valence-electron chi connectivity index (χ2n) is 5.38. The van der Waals surface area contributed by atoms with Gasteiger partial charge in [0.1, 0.15) is 0 Å². The standard InChI is InChI=1S/C12H20N4O2/c1-9(2)14-12(3-4-12)10-13-11(15-18-10)16-5-7-17-8-6-16/h9,14H,3-8H2,1-2H3. The monoisotopic (exact) mass is 252 g/mol. The van der Waals surface area contributed by atoms with Crippen molar-refractivity contribution in [1.29, 1.82) is 0 Å². The molecule has 0 spiro atoms. The topological polar surface area (TPSA) is 63.4 Å². The maximum atomic E-state index is 5.44. The molecule has 6 nitrogen and oxygen atoms in total. The fourth-order valence-electron chi connectivity index (χ4n) is 2.40. The van der Waals surface area contributed by atoms with E-state index in [9.17, 15) is 0 Å². The van der Waals surface area contributed by atoms with Crippen molar-refractivity contribution in [3.8, 4) is 0 Å². The van der Waals surface area contributed by atoms with Crippen molar-refractivity contribution >= 4 is 5.95 Å². The molecule has 1 saturated carbocycles. The van der Waals surface area contributed by atoms with E-state index in [4.69, 9.17) is 9.26 Å². The quantitative estimate of drug-likeness (QED) is 0.858. The predicted octanol–water partition coefficient (Wildman–Crippen LogP) is 0.893. The van der Waals surface area contributed by atoms with Gasteiger partial charge < -0.3 is 19.5 Å². The van der Waals surface area contributed by atoms with Gasteiger partial charge in [0.05, 0.1) is 18.8 Å². The number of rotatable bonds is 4. The van der Waals surface area contributed by atoms with E-state index in [0.717, 1.165) is 45.0 Å². The summed E-state index contributed by atoms with van der Waals surface area (Å²) in [6.07, 6.45) is 2.16. The molecule has 1 aromatic heterocycles. The van der Waals surface area contributed by atoms with E-state index in [1.165, 1.54) is 0 Å². The van der Waals surface area contributed by atoms with E-state index in [-0.39, 0.29) is 5.54 Å². The lowest BCUT2D eigenvalue weighted by Gasteiger charge is -2.24. The molecule has 6 heteroatoms. The third kappa shape index (κ3) is 2.22. The molecule has 1 N–H and O–H groups in total. The number of ether oxygens (including phenoxy) is 1. The van der Waals surface area contributed by atoms with Gasteiger partial charge in [-0.05, 0) is 31.8 Å². The van der Waals surface area contributed by atoms with Gasteiger partial charge in [0, 0.05) is 19.1 Å². The second-order valence-corrected chi connectivity index (χ2v) is 5.38. The second kappa shape index (κ2) is 4.51. The smallest absolute Gasteiger partial charge is 0.266 e. The SMILES string of the molecule is CC(C)NC1(c2nc(N3CCOCC3)no2)CC1. The molecule has 2 fully saturated rings. The van der Waals surface area contributed by atoms with E-state index in [1.54, 1.807) is 0 Å². The Bertz CT molecular complexity index is 408. The van der Waals surface area contributed by atoms with Crippen LogP contribution in [0.25, 0.3) is 0 Å². The third-order valence-corrected chi connectivity index (χ3v) is 3.43. The van der Waals surface area contributed by atoms with E-state index in [1.807, 2.05) is 0 Å². The first-order valence-electron chi connectivity index (χ1n) is 6.64. The summed E-state index contributed by atoms with van der Waals surface area (Å²) in [5.41, 5.74) is -0.0638. The summed E-state index contributed by atoms with van der Waals surface area (Å²) in [5, 5.41) is 7.62. The van der Waals surface area contributed by atoms with Gasteiger partial charge in [0.15, 0.2) is 0 Å². The van der Waals surface area contributed by atoms with Gasteiger partial charge in [0.2, 0.25) is 5.89 Å². The van der Waals surface area contributed by atoms with Gasteiger partial charge in [-0.2, -0.15) is 4.98 Å². The van der Waals surface area contributed by atoms with Crippen LogP contribution in [-0.2, 0) is 10.3 Å². The molecule has 18 heavy (non-hydrogen) atoms. The van der Waals surface area contributed by atoms with Crippen molar-refractivity contribution in [2.45, 2.75) is 38.3 Å². The molecular weight excluding hydrogens is 232 g/mol. The van der Waals surface area contributed by atoms with Crippen LogP contribution in [-0.4, -0.2) is 42.5 Å². The number of morpholine rings is 1. The molecule has 2 heterocycles. The van der Waals surface area contributed by atoms with Crippen LogP contribution in [0.3, 0.4) is 0 Å². The van der Waals surface area contributed by atoms with Crippen LogP contribution in [0, 0.1) is 0 Å². The zero-order chi connectivity index (χ0) is 12.6. The Hall–Kier alpha value is -1.14. The van der Waals surface area contributed by atoms with Crippen LogP contribution in [0.2, 0.25) is 0 Å². The van der Waals surface area contributed by atoms with Crippen molar-refractivity contribution in [2.75, 3.05) is 31.2 Å². The lowest BCUT2D eigenvalue weighted by atomic mass is 10.2. The Labute approximate surface area is 107 Å². The summed E-state index contributed by atoms with van der Waals surface area (Å²) in [4.78, 5) is 6.66. The van der Waals surface area contributed by atoms with Crippen LogP contribution >= 0.6 is 0 Å². The molecule has 0 bridgehead atoms. The molecule has 0 unspecified atom stereocenters. The molecule has 1 saturated heterocycles. The summed E-state index contributed by atoms with van der Waals surface area (Å²) < 4.78 is 10.8. The number of nitrogens with zero attached hydrogens (tertiary/aromatic N) is 3. The molecule has 3 rings (SSSR count). The average molecular weight is 252 g/mol. The van der Waals surface area contributed by atoms with E-state index >= 15 is 0 Å². The summed E-state index contributed by atoms with van der Waals surface area (Å²) in [7, 11) is 0. The van der Waals surface area contributed by atoms with Crippen molar-refractivity contribution in [3.63, 3.8) is 0 Å². The zero-order valence-electron chi connectivity index (χ0n) is 11.0. The molecule has 2 aliphatic rings. The van der Waals surface area contributed by atoms with Gasteiger partial charge in [0.25, 0.3) is 5.95 Å². The van der Waals surface area contributed by atoms with Crippen molar-refractivity contribution in [3.05, 3.63) is 5.89 Å². The van der Waals surface area contributed by atoms with Crippen LogP contribution in [0.1, 0.15) is 32.6 Å². The molecule has 0 amide bonds.